The van der Waals surface area contributed by atoms with Crippen LogP contribution in [-0.2, 0) is 29.5 Å². The van der Waals surface area contributed by atoms with E-state index < -0.39 is 23.3 Å². The number of aromatic nitrogens is 1. The van der Waals surface area contributed by atoms with Gasteiger partial charge in [-0.05, 0) is 19.1 Å². The summed E-state index contributed by atoms with van der Waals surface area (Å²) in [7, 11) is 0. The highest BCUT2D eigenvalue weighted by atomic mass is 16.6. The Morgan fingerprint density at radius 3 is 2.43 bits per heavy atom. The molecule has 7 heteroatoms. The molecular formula is C14H14N2O5. The fourth-order valence-corrected chi connectivity index (χ4v) is 1.96. The summed E-state index contributed by atoms with van der Waals surface area (Å²) < 4.78 is 10.5. The molecule has 0 aliphatic carbocycles. The van der Waals surface area contributed by atoms with Gasteiger partial charge in [-0.2, -0.15) is 0 Å². The van der Waals surface area contributed by atoms with Crippen molar-refractivity contribution in [3.05, 3.63) is 41.7 Å². The first-order chi connectivity index (χ1) is 9.84. The van der Waals surface area contributed by atoms with Crippen molar-refractivity contribution in [1.82, 2.24) is 10.3 Å². The normalized spacial score (nSPS) is 21.0. The summed E-state index contributed by atoms with van der Waals surface area (Å²) >= 11 is 0. The van der Waals surface area contributed by atoms with E-state index in [2.05, 4.69) is 10.3 Å². The Balaban J connectivity index is 2.42. The van der Waals surface area contributed by atoms with E-state index in [4.69, 9.17) is 9.47 Å². The number of Topliss-reactive ketones (excluding diaryl/α,β-unsaturated/α-hetero) is 1. The Bertz CT molecular complexity index is 638. The second-order valence-corrected chi connectivity index (χ2v) is 4.63. The molecule has 1 aliphatic heterocycles. The van der Waals surface area contributed by atoms with Crippen molar-refractivity contribution in [3.63, 3.8) is 0 Å². The van der Waals surface area contributed by atoms with Gasteiger partial charge in [0.1, 0.15) is 0 Å². The molecule has 1 atom stereocenters. The molecule has 0 saturated heterocycles. The van der Waals surface area contributed by atoms with Gasteiger partial charge in [-0.25, -0.2) is 0 Å². The largest absolute Gasteiger partial charge is 0.456 e. The molecule has 1 aromatic rings. The molecule has 2 rings (SSSR count). The van der Waals surface area contributed by atoms with Gasteiger partial charge in [-0.3, -0.25) is 24.7 Å². The molecule has 1 unspecified atom stereocenters. The van der Waals surface area contributed by atoms with Crippen molar-refractivity contribution >= 4 is 17.7 Å². The summed E-state index contributed by atoms with van der Waals surface area (Å²) in [6.07, 6.45) is 3.03. The topological polar surface area (TPSA) is 94.6 Å². The van der Waals surface area contributed by atoms with E-state index >= 15 is 0 Å². The number of ether oxygens (including phenoxy) is 2. The number of carbonyl (C=O) groups excluding carboxylic acids is 3. The summed E-state index contributed by atoms with van der Waals surface area (Å²) in [5, 5.41) is 2.36. The average Bonchev–Trinajstić information content (AvgIpc) is 2.64. The van der Waals surface area contributed by atoms with E-state index in [0.717, 1.165) is 6.92 Å². The molecule has 1 N–H and O–H groups in total. The molecule has 1 aliphatic rings. The lowest BCUT2D eigenvalue weighted by Gasteiger charge is -2.23. The second kappa shape index (κ2) is 5.35. The van der Waals surface area contributed by atoms with E-state index in [-0.39, 0.29) is 11.6 Å². The summed E-state index contributed by atoms with van der Waals surface area (Å²) in [5.74, 6) is -2.14. The number of hydrogen-bond acceptors (Lipinski definition) is 6. The molecule has 0 radical (unpaired) electrons. The van der Waals surface area contributed by atoms with Gasteiger partial charge in [0.15, 0.2) is 5.60 Å². The van der Waals surface area contributed by atoms with Gasteiger partial charge >= 0.3 is 5.97 Å². The van der Waals surface area contributed by atoms with Crippen molar-refractivity contribution < 1.29 is 23.9 Å². The molecule has 0 fully saturated rings. The number of hydrogen-bond donors (Lipinski definition) is 1. The Labute approximate surface area is 121 Å². The van der Waals surface area contributed by atoms with Gasteiger partial charge in [0.2, 0.25) is 17.5 Å². The third kappa shape index (κ3) is 2.76. The van der Waals surface area contributed by atoms with Gasteiger partial charge in [0, 0.05) is 31.8 Å². The van der Waals surface area contributed by atoms with Crippen LogP contribution >= 0.6 is 0 Å². The van der Waals surface area contributed by atoms with E-state index in [1.807, 2.05) is 0 Å². The van der Waals surface area contributed by atoms with Crippen LogP contribution in [0.3, 0.4) is 0 Å². The zero-order chi connectivity index (χ0) is 15.6. The molecule has 1 amide bonds. The Morgan fingerprint density at radius 2 is 1.90 bits per heavy atom. The number of pyridine rings is 1. The molecule has 21 heavy (non-hydrogen) atoms. The maximum Gasteiger partial charge on any atom is 0.308 e. The van der Waals surface area contributed by atoms with Crippen molar-refractivity contribution in [1.29, 1.82) is 0 Å². The van der Waals surface area contributed by atoms with Gasteiger partial charge in [-0.15, -0.1) is 0 Å². The number of amides is 1. The third-order valence-corrected chi connectivity index (χ3v) is 2.92. The molecule has 110 valence electrons. The van der Waals surface area contributed by atoms with Crippen LogP contribution in [0.5, 0.6) is 0 Å². The van der Waals surface area contributed by atoms with Crippen molar-refractivity contribution in [2.45, 2.75) is 26.4 Å². The predicted molar refractivity (Wildman–Crippen MR) is 70.3 cm³/mol. The standard InChI is InChI=1S/C14H14N2O5/c1-8(17)16-13-11(20-9(2)18)12(19)14(3,21-13)10-4-6-15-7-5-10/h4-7H,1-3H3,(H,16,17). The fraction of sp³-hybridized carbons (Fsp3) is 0.286. The average molecular weight is 290 g/mol. The zero-order valence-electron chi connectivity index (χ0n) is 11.8. The highest BCUT2D eigenvalue weighted by Crippen LogP contribution is 2.38. The Hall–Kier alpha value is -2.70. The molecule has 7 nitrogen and oxygen atoms in total. The number of esters is 1. The van der Waals surface area contributed by atoms with Crippen LogP contribution in [0, 0.1) is 0 Å². The first-order valence-corrected chi connectivity index (χ1v) is 6.19. The van der Waals surface area contributed by atoms with Crippen LogP contribution in [0.15, 0.2) is 36.2 Å². The highest BCUT2D eigenvalue weighted by molar-refractivity contribution is 6.04. The van der Waals surface area contributed by atoms with Gasteiger partial charge in [0.25, 0.3) is 5.78 Å². The number of ketones is 1. The van der Waals surface area contributed by atoms with Crippen LogP contribution in [0.4, 0.5) is 0 Å². The maximum absolute atomic E-state index is 12.5. The third-order valence-electron chi connectivity index (χ3n) is 2.92. The second-order valence-electron chi connectivity index (χ2n) is 4.63. The minimum atomic E-state index is -1.38. The van der Waals surface area contributed by atoms with E-state index in [0.29, 0.717) is 5.56 Å². The number of carbonyl (C=O) groups is 3. The lowest BCUT2D eigenvalue weighted by atomic mass is 9.92. The first kappa shape index (κ1) is 14.7. The summed E-state index contributed by atoms with van der Waals surface area (Å²) in [4.78, 5) is 38.7. The summed E-state index contributed by atoms with van der Waals surface area (Å²) in [6.45, 7) is 3.95. The molecule has 2 heterocycles. The predicted octanol–water partition coefficient (Wildman–Crippen LogP) is 0.764. The quantitative estimate of drug-likeness (QED) is 0.826. The van der Waals surface area contributed by atoms with Gasteiger partial charge in [-0.1, -0.05) is 0 Å². The molecular weight excluding hydrogens is 276 g/mol. The lowest BCUT2D eigenvalue weighted by Crippen LogP contribution is -2.32. The Morgan fingerprint density at radius 1 is 1.29 bits per heavy atom. The van der Waals surface area contributed by atoms with Crippen molar-refractivity contribution in [3.8, 4) is 0 Å². The maximum atomic E-state index is 12.5. The van der Waals surface area contributed by atoms with Gasteiger partial charge < -0.3 is 9.47 Å². The van der Waals surface area contributed by atoms with Crippen molar-refractivity contribution in [2.24, 2.45) is 0 Å². The highest BCUT2D eigenvalue weighted by Gasteiger charge is 2.49. The van der Waals surface area contributed by atoms with E-state index in [1.54, 1.807) is 12.1 Å². The van der Waals surface area contributed by atoms with Crippen LogP contribution in [0.2, 0.25) is 0 Å². The Kier molecular flexibility index (Phi) is 3.75. The number of nitrogens with one attached hydrogen (secondary N) is 1. The zero-order valence-corrected chi connectivity index (χ0v) is 11.8. The summed E-state index contributed by atoms with van der Waals surface area (Å²) in [6, 6.07) is 3.22. The van der Waals surface area contributed by atoms with Crippen molar-refractivity contribution in [2.75, 3.05) is 0 Å². The van der Waals surface area contributed by atoms with E-state index in [9.17, 15) is 14.4 Å². The van der Waals surface area contributed by atoms with Crippen LogP contribution < -0.4 is 5.32 Å². The smallest absolute Gasteiger partial charge is 0.308 e. The molecule has 0 saturated carbocycles. The minimum absolute atomic E-state index is 0.165. The van der Waals surface area contributed by atoms with Crippen LogP contribution in [-0.4, -0.2) is 22.6 Å². The minimum Gasteiger partial charge on any atom is -0.456 e. The number of nitrogens with zero attached hydrogens (tertiary/aromatic N) is 1. The lowest BCUT2D eigenvalue weighted by molar-refractivity contribution is -0.142. The molecule has 0 spiro atoms. The van der Waals surface area contributed by atoms with Gasteiger partial charge in [0.05, 0.1) is 0 Å². The fourth-order valence-electron chi connectivity index (χ4n) is 1.96. The molecule has 0 aromatic carbocycles. The SMILES string of the molecule is CC(=O)NC1=C(OC(C)=O)C(=O)C(C)(c2ccncc2)O1. The molecule has 0 bridgehead atoms. The van der Waals surface area contributed by atoms with Crippen LogP contribution in [0.1, 0.15) is 26.3 Å². The van der Waals surface area contributed by atoms with E-state index in [1.165, 1.54) is 26.2 Å². The number of rotatable bonds is 3. The van der Waals surface area contributed by atoms with Crippen LogP contribution in [0.25, 0.3) is 0 Å². The first-order valence-electron chi connectivity index (χ1n) is 6.19. The monoisotopic (exact) mass is 290 g/mol. The molecule has 1 aromatic heterocycles. The summed E-state index contributed by atoms with van der Waals surface area (Å²) in [5.41, 5.74) is -0.849.